The first kappa shape index (κ1) is 15.2. The summed E-state index contributed by atoms with van der Waals surface area (Å²) >= 11 is 5.58. The van der Waals surface area contributed by atoms with E-state index in [1.54, 1.807) is 12.0 Å². The van der Waals surface area contributed by atoms with Crippen molar-refractivity contribution in [3.05, 3.63) is 29.3 Å². The quantitative estimate of drug-likeness (QED) is 0.737. The summed E-state index contributed by atoms with van der Waals surface area (Å²) in [5.74, 6) is -1.08. The van der Waals surface area contributed by atoms with Gasteiger partial charge in [0.1, 0.15) is 17.3 Å². The van der Waals surface area contributed by atoms with Gasteiger partial charge in [-0.2, -0.15) is 0 Å². The largest absolute Gasteiger partial charge is 0.383 e. The van der Waals surface area contributed by atoms with Gasteiger partial charge in [-0.25, -0.2) is 8.78 Å². The number of alkyl halides is 1. The molecule has 0 amide bonds. The zero-order valence-corrected chi connectivity index (χ0v) is 11.6. The fraction of sp³-hybridized carbons (Fsp3) is 0.538. The first-order chi connectivity index (χ1) is 8.51. The molecule has 0 heterocycles. The summed E-state index contributed by atoms with van der Waals surface area (Å²) in [6.45, 7) is 4.60. The van der Waals surface area contributed by atoms with Crippen molar-refractivity contribution in [2.24, 2.45) is 0 Å². The number of ether oxygens (including phenoxy) is 1. The highest BCUT2D eigenvalue weighted by molar-refractivity contribution is 6.17. The molecule has 18 heavy (non-hydrogen) atoms. The lowest BCUT2D eigenvalue weighted by atomic mass is 10.1. The van der Waals surface area contributed by atoms with Gasteiger partial charge in [0.25, 0.3) is 0 Å². The average molecular weight is 278 g/mol. The molecule has 0 saturated carbocycles. The number of rotatable bonds is 6. The first-order valence-corrected chi connectivity index (χ1v) is 6.34. The number of anilines is 1. The molecule has 0 fully saturated rings. The Bertz CT molecular complexity index is 376. The van der Waals surface area contributed by atoms with Crippen LogP contribution in [0.2, 0.25) is 0 Å². The lowest BCUT2D eigenvalue weighted by Crippen LogP contribution is -2.35. The smallest absolute Gasteiger partial charge is 0.149 e. The van der Waals surface area contributed by atoms with E-state index in [2.05, 4.69) is 0 Å². The second-order valence-corrected chi connectivity index (χ2v) is 4.59. The zero-order chi connectivity index (χ0) is 13.7. The van der Waals surface area contributed by atoms with Gasteiger partial charge in [0, 0.05) is 25.6 Å². The van der Waals surface area contributed by atoms with Crippen LogP contribution in [0.1, 0.15) is 19.4 Å². The molecule has 1 aromatic carbocycles. The third-order valence-corrected chi connectivity index (χ3v) is 2.99. The molecule has 102 valence electrons. The van der Waals surface area contributed by atoms with E-state index in [1.165, 1.54) is 12.1 Å². The molecule has 0 aliphatic heterocycles. The van der Waals surface area contributed by atoms with Gasteiger partial charge in [-0.15, -0.1) is 11.6 Å². The Balaban J connectivity index is 3.11. The van der Waals surface area contributed by atoms with Gasteiger partial charge >= 0.3 is 0 Å². The van der Waals surface area contributed by atoms with E-state index in [0.29, 0.717) is 18.7 Å². The molecule has 0 aromatic heterocycles. The van der Waals surface area contributed by atoms with Gasteiger partial charge in [0.2, 0.25) is 0 Å². The van der Waals surface area contributed by atoms with Gasteiger partial charge < -0.3 is 9.64 Å². The second kappa shape index (κ2) is 6.90. The third-order valence-electron chi connectivity index (χ3n) is 2.68. The third kappa shape index (κ3) is 3.56. The minimum atomic E-state index is -0.588. The predicted molar refractivity (Wildman–Crippen MR) is 70.3 cm³/mol. The summed E-state index contributed by atoms with van der Waals surface area (Å²) in [5, 5.41) is 0. The Labute approximate surface area is 111 Å². The lowest BCUT2D eigenvalue weighted by molar-refractivity contribution is 0.203. The highest BCUT2D eigenvalue weighted by Gasteiger charge is 2.20. The monoisotopic (exact) mass is 277 g/mol. The minimum absolute atomic E-state index is 0.0177. The summed E-state index contributed by atoms with van der Waals surface area (Å²) in [6, 6.07) is 2.52. The van der Waals surface area contributed by atoms with Crippen molar-refractivity contribution in [1.29, 1.82) is 0 Å². The molecule has 1 aromatic rings. The molecule has 0 aliphatic rings. The summed E-state index contributed by atoms with van der Waals surface area (Å²) in [5.41, 5.74) is 0.418. The van der Waals surface area contributed by atoms with E-state index in [0.717, 1.165) is 0 Å². The molecule has 0 atom stereocenters. The summed E-state index contributed by atoms with van der Waals surface area (Å²) in [6.07, 6.45) is 0. The molecule has 0 unspecified atom stereocenters. The highest BCUT2D eigenvalue weighted by atomic mass is 35.5. The van der Waals surface area contributed by atoms with Crippen LogP contribution in [0.3, 0.4) is 0 Å². The van der Waals surface area contributed by atoms with E-state index in [9.17, 15) is 8.78 Å². The van der Waals surface area contributed by atoms with Crippen LogP contribution < -0.4 is 4.90 Å². The van der Waals surface area contributed by atoms with Crippen LogP contribution >= 0.6 is 11.6 Å². The molecule has 0 radical (unpaired) electrons. The molecule has 5 heteroatoms. The van der Waals surface area contributed by atoms with Crippen molar-refractivity contribution < 1.29 is 13.5 Å². The maximum atomic E-state index is 14.0. The Hall–Kier alpha value is -0.870. The van der Waals surface area contributed by atoms with E-state index >= 15 is 0 Å². The Kier molecular flexibility index (Phi) is 5.82. The van der Waals surface area contributed by atoms with Gasteiger partial charge in [-0.3, -0.25) is 0 Å². The molecule has 0 aliphatic carbocycles. The highest BCUT2D eigenvalue weighted by Crippen LogP contribution is 2.27. The fourth-order valence-electron chi connectivity index (χ4n) is 1.79. The molecule has 0 spiro atoms. The Morgan fingerprint density at radius 2 is 1.83 bits per heavy atom. The first-order valence-electron chi connectivity index (χ1n) is 5.80. The standard InChI is InChI=1S/C13H18ClF2NO/c1-9(2)17(4-5-18-3)13-11(15)6-10(8-14)7-12(13)16/h6-7,9H,4-5,8H2,1-3H3. The van der Waals surface area contributed by atoms with E-state index in [-0.39, 0.29) is 17.6 Å². The van der Waals surface area contributed by atoms with Crippen LogP contribution in [0.15, 0.2) is 12.1 Å². The van der Waals surface area contributed by atoms with Crippen LogP contribution in [-0.4, -0.2) is 26.3 Å². The van der Waals surface area contributed by atoms with Crippen LogP contribution in [-0.2, 0) is 10.6 Å². The maximum absolute atomic E-state index is 14.0. The minimum Gasteiger partial charge on any atom is -0.383 e. The van der Waals surface area contributed by atoms with E-state index < -0.39 is 11.6 Å². The second-order valence-electron chi connectivity index (χ2n) is 4.32. The number of hydrogen-bond acceptors (Lipinski definition) is 2. The van der Waals surface area contributed by atoms with Crippen molar-refractivity contribution in [1.82, 2.24) is 0 Å². The average Bonchev–Trinajstić information content (AvgIpc) is 2.31. The van der Waals surface area contributed by atoms with Crippen LogP contribution in [0.4, 0.5) is 14.5 Å². The zero-order valence-electron chi connectivity index (χ0n) is 10.8. The molecule has 2 nitrogen and oxygen atoms in total. The maximum Gasteiger partial charge on any atom is 0.149 e. The summed E-state index contributed by atoms with van der Waals surface area (Å²) in [7, 11) is 1.56. The number of methoxy groups -OCH3 is 1. The molecule has 1 rings (SSSR count). The number of hydrogen-bond donors (Lipinski definition) is 0. The van der Waals surface area contributed by atoms with Crippen molar-refractivity contribution in [2.75, 3.05) is 25.2 Å². The molecular weight excluding hydrogens is 260 g/mol. The number of nitrogens with zero attached hydrogens (tertiary/aromatic N) is 1. The Morgan fingerprint density at radius 1 is 1.28 bits per heavy atom. The van der Waals surface area contributed by atoms with Crippen molar-refractivity contribution in [3.8, 4) is 0 Å². The molecule has 0 saturated heterocycles. The summed E-state index contributed by atoms with van der Waals surface area (Å²) < 4.78 is 32.9. The molecule has 0 bridgehead atoms. The molecular formula is C13H18ClF2NO. The van der Waals surface area contributed by atoms with Crippen LogP contribution in [0, 0.1) is 11.6 Å². The normalized spacial score (nSPS) is 11.1. The number of benzene rings is 1. The van der Waals surface area contributed by atoms with Gasteiger partial charge in [-0.1, -0.05) is 0 Å². The topological polar surface area (TPSA) is 12.5 Å². The van der Waals surface area contributed by atoms with Crippen molar-refractivity contribution in [3.63, 3.8) is 0 Å². The van der Waals surface area contributed by atoms with Gasteiger partial charge in [0.15, 0.2) is 0 Å². The number of halogens is 3. The van der Waals surface area contributed by atoms with E-state index in [1.807, 2.05) is 13.8 Å². The van der Waals surface area contributed by atoms with Crippen LogP contribution in [0.25, 0.3) is 0 Å². The molecule has 0 N–H and O–H groups in total. The van der Waals surface area contributed by atoms with Crippen LogP contribution in [0.5, 0.6) is 0 Å². The van der Waals surface area contributed by atoms with Gasteiger partial charge in [-0.05, 0) is 31.5 Å². The lowest BCUT2D eigenvalue weighted by Gasteiger charge is -2.29. The van der Waals surface area contributed by atoms with E-state index in [4.69, 9.17) is 16.3 Å². The Morgan fingerprint density at radius 3 is 2.22 bits per heavy atom. The predicted octanol–water partition coefficient (Wildman–Crippen LogP) is 3.56. The fourth-order valence-corrected chi connectivity index (χ4v) is 1.94. The summed E-state index contributed by atoms with van der Waals surface area (Å²) in [4.78, 5) is 1.65. The SMILES string of the molecule is COCCN(c1c(F)cc(CCl)cc1F)C(C)C. The van der Waals surface area contributed by atoms with Crippen molar-refractivity contribution >= 4 is 17.3 Å². The van der Waals surface area contributed by atoms with Gasteiger partial charge in [0.05, 0.1) is 6.61 Å². The van der Waals surface area contributed by atoms with Crippen molar-refractivity contribution in [2.45, 2.75) is 25.8 Å².